The quantitative estimate of drug-likeness (QED) is 0.665. The third-order valence-corrected chi connectivity index (χ3v) is 5.57. The molecule has 0 spiro atoms. The van der Waals surface area contributed by atoms with Gasteiger partial charge < -0.3 is 9.32 Å². The Bertz CT molecular complexity index is 699. The van der Waals surface area contributed by atoms with Crippen LogP contribution in [0.3, 0.4) is 0 Å². The topological polar surface area (TPSA) is 46.3 Å². The minimum Gasteiger partial charge on any atom is -0.441 e. The maximum absolute atomic E-state index is 12.8. The lowest BCUT2D eigenvalue weighted by molar-refractivity contribution is -0.130. The maximum atomic E-state index is 12.8. The molecule has 134 valence electrons. The summed E-state index contributed by atoms with van der Waals surface area (Å²) in [6, 6.07) is 1.98. The molecule has 3 rings (SSSR count). The van der Waals surface area contributed by atoms with E-state index in [1.54, 1.807) is 11.3 Å². The summed E-state index contributed by atoms with van der Waals surface area (Å²) in [7, 11) is 0. The van der Waals surface area contributed by atoms with Gasteiger partial charge in [0.1, 0.15) is 5.76 Å². The van der Waals surface area contributed by atoms with Crippen LogP contribution in [0.5, 0.6) is 0 Å². The number of oxazole rings is 1. The van der Waals surface area contributed by atoms with E-state index in [0.717, 1.165) is 23.6 Å². The molecule has 1 saturated carbocycles. The van der Waals surface area contributed by atoms with E-state index in [4.69, 9.17) is 4.42 Å². The van der Waals surface area contributed by atoms with Gasteiger partial charge in [-0.25, -0.2) is 4.98 Å². The Kier molecular flexibility index (Phi) is 6.08. The zero-order valence-electron chi connectivity index (χ0n) is 14.9. The van der Waals surface area contributed by atoms with Gasteiger partial charge >= 0.3 is 0 Å². The van der Waals surface area contributed by atoms with Gasteiger partial charge in [-0.15, -0.1) is 6.58 Å². The summed E-state index contributed by atoms with van der Waals surface area (Å²) in [5.74, 6) is 2.06. The van der Waals surface area contributed by atoms with Crippen LogP contribution < -0.4 is 0 Å². The molecule has 0 aromatic carbocycles. The lowest BCUT2D eigenvalue weighted by Gasteiger charge is -2.29. The summed E-state index contributed by atoms with van der Waals surface area (Å²) in [5.41, 5.74) is 1.71. The van der Waals surface area contributed by atoms with Crippen molar-refractivity contribution in [2.45, 2.75) is 45.4 Å². The van der Waals surface area contributed by atoms with Gasteiger partial charge in [-0.05, 0) is 37.1 Å². The molecule has 2 aromatic rings. The van der Waals surface area contributed by atoms with Crippen LogP contribution in [0.25, 0.3) is 11.5 Å². The number of carbonyl (C=O) groups excluding carboxylic acids is 1. The average Bonchev–Trinajstić information content (AvgIpc) is 3.26. The van der Waals surface area contributed by atoms with E-state index in [1.807, 2.05) is 34.7 Å². The second kappa shape index (κ2) is 8.48. The van der Waals surface area contributed by atoms with Crippen molar-refractivity contribution in [3.63, 3.8) is 0 Å². The fourth-order valence-corrected chi connectivity index (χ4v) is 4.10. The molecule has 2 aromatic heterocycles. The van der Waals surface area contributed by atoms with Crippen molar-refractivity contribution in [1.82, 2.24) is 9.88 Å². The van der Waals surface area contributed by atoms with Crippen LogP contribution in [0.4, 0.5) is 0 Å². The molecule has 1 amide bonds. The van der Waals surface area contributed by atoms with Crippen LogP contribution in [0.15, 0.2) is 33.9 Å². The molecule has 1 fully saturated rings. The van der Waals surface area contributed by atoms with Gasteiger partial charge in [0.25, 0.3) is 0 Å². The first-order valence-electron chi connectivity index (χ1n) is 9.05. The highest BCUT2D eigenvalue weighted by atomic mass is 32.1. The van der Waals surface area contributed by atoms with Crippen LogP contribution in [-0.2, 0) is 11.2 Å². The van der Waals surface area contributed by atoms with E-state index in [-0.39, 0.29) is 5.91 Å². The molecule has 0 radical (unpaired) electrons. The second-order valence-electron chi connectivity index (χ2n) is 6.80. The molecule has 1 aliphatic carbocycles. The molecule has 0 saturated heterocycles. The van der Waals surface area contributed by atoms with Crippen LogP contribution >= 0.6 is 11.3 Å². The number of rotatable bonds is 7. The van der Waals surface area contributed by atoms with Gasteiger partial charge in [-0.3, -0.25) is 4.79 Å². The summed E-state index contributed by atoms with van der Waals surface area (Å²) in [6.45, 7) is 7.12. The normalized spacial score (nSPS) is 15.2. The fraction of sp³-hybridized carbons (Fsp3) is 0.500. The van der Waals surface area contributed by atoms with Crippen molar-refractivity contribution in [3.8, 4) is 11.5 Å². The molecule has 1 aliphatic rings. The van der Waals surface area contributed by atoms with Gasteiger partial charge in [0, 0.05) is 24.0 Å². The van der Waals surface area contributed by atoms with Crippen LogP contribution in [-0.4, -0.2) is 28.9 Å². The Morgan fingerprint density at radius 1 is 1.44 bits per heavy atom. The predicted molar refractivity (Wildman–Crippen MR) is 102 cm³/mol. The molecule has 2 heterocycles. The third-order valence-electron chi connectivity index (χ3n) is 4.88. The van der Waals surface area contributed by atoms with Crippen molar-refractivity contribution in [3.05, 3.63) is 40.9 Å². The number of carbonyl (C=O) groups is 1. The first kappa shape index (κ1) is 17.9. The smallest absolute Gasteiger partial charge is 0.229 e. The Morgan fingerprint density at radius 2 is 2.24 bits per heavy atom. The van der Waals surface area contributed by atoms with Gasteiger partial charge in [-0.1, -0.05) is 25.3 Å². The molecular formula is C20H26N2O2S. The van der Waals surface area contributed by atoms with Crippen molar-refractivity contribution in [1.29, 1.82) is 0 Å². The average molecular weight is 359 g/mol. The van der Waals surface area contributed by atoms with Crippen molar-refractivity contribution in [2.75, 3.05) is 13.1 Å². The second-order valence-corrected chi connectivity index (χ2v) is 7.58. The number of thiophene rings is 1. The maximum Gasteiger partial charge on any atom is 0.229 e. The van der Waals surface area contributed by atoms with Crippen molar-refractivity contribution < 1.29 is 9.21 Å². The molecular weight excluding hydrogens is 332 g/mol. The lowest BCUT2D eigenvalue weighted by atomic mass is 9.89. The first-order chi connectivity index (χ1) is 12.2. The largest absolute Gasteiger partial charge is 0.441 e. The molecule has 0 atom stereocenters. The Balaban J connectivity index is 1.67. The predicted octanol–water partition coefficient (Wildman–Crippen LogP) is 4.85. The lowest BCUT2D eigenvalue weighted by Crippen LogP contribution is -2.37. The number of hydrogen-bond acceptors (Lipinski definition) is 4. The standard InChI is InChI=1S/C20H26N2O2S/c1-3-10-22(13-16-7-5-4-6-8-16)19(23)12-18-15(2)24-20(21-18)17-9-11-25-14-17/h3,9,11,14,16H,1,4-8,10,12-13H2,2H3. The number of nitrogens with zero attached hydrogens (tertiary/aromatic N) is 2. The first-order valence-corrected chi connectivity index (χ1v) is 9.99. The van der Waals surface area contributed by atoms with E-state index in [1.165, 1.54) is 32.1 Å². The van der Waals surface area contributed by atoms with E-state index in [9.17, 15) is 4.79 Å². The molecule has 0 aliphatic heterocycles. The molecule has 0 N–H and O–H groups in total. The summed E-state index contributed by atoms with van der Waals surface area (Å²) in [6.07, 6.45) is 8.46. The Labute approximate surface area is 153 Å². The zero-order valence-corrected chi connectivity index (χ0v) is 15.7. The Morgan fingerprint density at radius 3 is 2.92 bits per heavy atom. The molecule has 0 unspecified atom stereocenters. The summed E-state index contributed by atoms with van der Waals surface area (Å²) < 4.78 is 5.75. The van der Waals surface area contributed by atoms with E-state index in [0.29, 0.717) is 24.8 Å². The van der Waals surface area contributed by atoms with Gasteiger partial charge in [0.05, 0.1) is 12.1 Å². The molecule has 25 heavy (non-hydrogen) atoms. The number of aromatic nitrogens is 1. The summed E-state index contributed by atoms with van der Waals surface area (Å²) in [4.78, 5) is 19.3. The highest BCUT2D eigenvalue weighted by Gasteiger charge is 2.22. The Hall–Kier alpha value is -1.88. The number of amides is 1. The van der Waals surface area contributed by atoms with E-state index in [2.05, 4.69) is 11.6 Å². The number of hydrogen-bond donors (Lipinski definition) is 0. The fourth-order valence-electron chi connectivity index (χ4n) is 3.47. The molecule has 0 bridgehead atoms. The summed E-state index contributed by atoms with van der Waals surface area (Å²) >= 11 is 1.61. The van der Waals surface area contributed by atoms with Crippen LogP contribution in [0, 0.1) is 12.8 Å². The van der Waals surface area contributed by atoms with Crippen LogP contribution in [0.1, 0.15) is 43.6 Å². The van der Waals surface area contributed by atoms with Gasteiger partial charge in [0.2, 0.25) is 11.8 Å². The van der Waals surface area contributed by atoms with Crippen molar-refractivity contribution >= 4 is 17.2 Å². The van der Waals surface area contributed by atoms with Crippen molar-refractivity contribution in [2.24, 2.45) is 5.92 Å². The molecule has 5 heteroatoms. The van der Waals surface area contributed by atoms with Gasteiger partial charge in [-0.2, -0.15) is 11.3 Å². The highest BCUT2D eigenvalue weighted by Crippen LogP contribution is 2.26. The number of aryl methyl sites for hydroxylation is 1. The van der Waals surface area contributed by atoms with E-state index < -0.39 is 0 Å². The van der Waals surface area contributed by atoms with E-state index >= 15 is 0 Å². The SMILES string of the molecule is C=CCN(CC1CCCCC1)C(=O)Cc1nc(-c2ccsc2)oc1C. The summed E-state index contributed by atoms with van der Waals surface area (Å²) in [5, 5.41) is 4.00. The minimum atomic E-state index is 0.110. The van der Waals surface area contributed by atoms with Gasteiger partial charge in [0.15, 0.2) is 0 Å². The highest BCUT2D eigenvalue weighted by molar-refractivity contribution is 7.08. The minimum absolute atomic E-state index is 0.110. The zero-order chi connectivity index (χ0) is 17.6. The van der Waals surface area contributed by atoms with Crippen LogP contribution in [0.2, 0.25) is 0 Å². The third kappa shape index (κ3) is 4.60. The monoisotopic (exact) mass is 358 g/mol. The molecule has 4 nitrogen and oxygen atoms in total.